The van der Waals surface area contributed by atoms with Gasteiger partial charge in [0.25, 0.3) is 0 Å². The summed E-state index contributed by atoms with van der Waals surface area (Å²) in [6.07, 6.45) is 7.02. The second-order valence-electron chi connectivity index (χ2n) is 10.1. The van der Waals surface area contributed by atoms with Crippen LogP contribution < -0.4 is 20.7 Å². The Morgan fingerprint density at radius 1 is 1.15 bits per heavy atom. The van der Waals surface area contributed by atoms with Gasteiger partial charge in [0, 0.05) is 61.2 Å². The van der Waals surface area contributed by atoms with Crippen LogP contribution in [0.4, 0.5) is 11.6 Å². The third-order valence-electron chi connectivity index (χ3n) is 7.17. The number of rotatable bonds is 8. The molecule has 0 saturated carbocycles. The molecule has 4 aromatic heterocycles. The predicted octanol–water partition coefficient (Wildman–Crippen LogP) is 2.23. The van der Waals surface area contributed by atoms with Crippen molar-refractivity contribution < 1.29 is 19.4 Å². The first kappa shape index (κ1) is 25.2. The van der Waals surface area contributed by atoms with Gasteiger partial charge in [0.05, 0.1) is 37.1 Å². The standard InChI is InChI=1S/C28H31N7O4/c1-17-8-24(25(14-30-17)39-23-10-20-15-38-16-21(11-23)32-20)18-4-5-35-22(9-18)12-27(33-35)34(6-7-36)26-3-2-19(13-31-26)28(29)37/h2-5,8-9,12-14,20-21,23,32,36H,6-7,10-11,15-16H2,1H3,(H2,29,37). The lowest BCUT2D eigenvalue weighted by Crippen LogP contribution is -2.56. The molecule has 0 spiro atoms. The van der Waals surface area contributed by atoms with Crippen molar-refractivity contribution in [3.05, 3.63) is 66.2 Å². The maximum atomic E-state index is 11.4. The minimum absolute atomic E-state index is 0.0965. The first-order valence-corrected chi connectivity index (χ1v) is 13.1. The van der Waals surface area contributed by atoms with Gasteiger partial charge >= 0.3 is 0 Å². The summed E-state index contributed by atoms with van der Waals surface area (Å²) in [5.74, 6) is 1.38. The summed E-state index contributed by atoms with van der Waals surface area (Å²) in [6.45, 7) is 3.59. The molecule has 2 unspecified atom stereocenters. The Morgan fingerprint density at radius 3 is 2.69 bits per heavy atom. The van der Waals surface area contributed by atoms with E-state index in [0.717, 1.165) is 40.9 Å². The number of morpholine rings is 1. The monoisotopic (exact) mass is 529 g/mol. The summed E-state index contributed by atoms with van der Waals surface area (Å²) in [4.78, 5) is 22.1. The Morgan fingerprint density at radius 2 is 1.97 bits per heavy atom. The van der Waals surface area contributed by atoms with Crippen molar-refractivity contribution >= 4 is 23.1 Å². The van der Waals surface area contributed by atoms with Crippen molar-refractivity contribution in [1.29, 1.82) is 0 Å². The molecule has 0 radical (unpaired) electrons. The first-order valence-electron chi connectivity index (χ1n) is 13.1. The molecule has 11 heteroatoms. The molecule has 39 heavy (non-hydrogen) atoms. The minimum atomic E-state index is -0.547. The fourth-order valence-corrected chi connectivity index (χ4v) is 5.35. The number of carbonyl (C=O) groups is 1. The van der Waals surface area contributed by atoms with Crippen LogP contribution in [0.15, 0.2) is 55.0 Å². The number of nitrogens with zero attached hydrogens (tertiary/aromatic N) is 5. The van der Waals surface area contributed by atoms with Crippen LogP contribution in [-0.2, 0) is 4.74 Å². The molecule has 2 aliphatic heterocycles. The molecule has 2 aliphatic rings. The van der Waals surface area contributed by atoms with Crippen LogP contribution >= 0.6 is 0 Å². The Labute approximate surface area is 225 Å². The summed E-state index contributed by atoms with van der Waals surface area (Å²) in [7, 11) is 0. The number of ether oxygens (including phenoxy) is 2. The SMILES string of the molecule is Cc1cc(-c2ccn3nc(N(CCO)c4ccc(C(N)=O)cn4)cc3c2)c(OC2CC3COCC(C2)N3)cn1. The summed E-state index contributed by atoms with van der Waals surface area (Å²) < 4.78 is 14.0. The van der Waals surface area contributed by atoms with Gasteiger partial charge in [-0.1, -0.05) is 0 Å². The van der Waals surface area contributed by atoms with Crippen LogP contribution in [0.1, 0.15) is 28.9 Å². The van der Waals surface area contributed by atoms with E-state index in [1.54, 1.807) is 21.5 Å². The van der Waals surface area contributed by atoms with Gasteiger partial charge in [-0.05, 0) is 42.8 Å². The van der Waals surface area contributed by atoms with Gasteiger partial charge in [0.1, 0.15) is 17.7 Å². The second-order valence-corrected chi connectivity index (χ2v) is 10.1. The number of aliphatic hydroxyl groups excluding tert-OH is 1. The summed E-state index contributed by atoms with van der Waals surface area (Å²) >= 11 is 0. The lowest BCUT2D eigenvalue weighted by molar-refractivity contribution is -0.0122. The number of hydrogen-bond donors (Lipinski definition) is 3. The van der Waals surface area contributed by atoms with E-state index in [9.17, 15) is 9.90 Å². The third-order valence-corrected chi connectivity index (χ3v) is 7.17. The highest BCUT2D eigenvalue weighted by Crippen LogP contribution is 2.34. The molecule has 6 heterocycles. The van der Waals surface area contributed by atoms with E-state index in [2.05, 4.69) is 21.4 Å². The quantitative estimate of drug-likeness (QED) is 0.313. The van der Waals surface area contributed by atoms with Crippen LogP contribution in [0.3, 0.4) is 0 Å². The number of nitrogens with two attached hydrogens (primary N) is 1. The van der Waals surface area contributed by atoms with Gasteiger partial charge in [-0.25, -0.2) is 9.50 Å². The van der Waals surface area contributed by atoms with Gasteiger partial charge in [0.15, 0.2) is 5.82 Å². The Kier molecular flexibility index (Phi) is 6.86. The van der Waals surface area contributed by atoms with Crippen molar-refractivity contribution in [2.45, 2.75) is 38.0 Å². The summed E-state index contributed by atoms with van der Waals surface area (Å²) in [5.41, 5.74) is 9.40. The molecule has 1 amide bonds. The molecule has 202 valence electrons. The third kappa shape index (κ3) is 5.29. The summed E-state index contributed by atoms with van der Waals surface area (Å²) in [6, 6.07) is 12.0. The van der Waals surface area contributed by atoms with Crippen molar-refractivity contribution in [2.24, 2.45) is 5.73 Å². The van der Waals surface area contributed by atoms with E-state index in [1.807, 2.05) is 37.5 Å². The molecule has 0 aliphatic carbocycles. The lowest BCUT2D eigenvalue weighted by atomic mass is 9.94. The molecule has 2 bridgehead atoms. The highest BCUT2D eigenvalue weighted by molar-refractivity contribution is 5.92. The second kappa shape index (κ2) is 10.6. The molecule has 4 N–H and O–H groups in total. The Balaban J connectivity index is 1.30. The van der Waals surface area contributed by atoms with Crippen LogP contribution in [-0.4, -0.2) is 75.1 Å². The number of aryl methyl sites for hydroxylation is 1. The van der Waals surface area contributed by atoms with Crippen LogP contribution in [0, 0.1) is 6.92 Å². The number of amides is 1. The fraction of sp³-hybridized carbons (Fsp3) is 0.357. The van der Waals surface area contributed by atoms with E-state index >= 15 is 0 Å². The molecule has 2 atom stereocenters. The molecule has 6 rings (SSSR count). The molecular formula is C28H31N7O4. The molecular weight excluding hydrogens is 498 g/mol. The number of piperidine rings is 1. The van der Waals surface area contributed by atoms with E-state index in [0.29, 0.717) is 42.5 Å². The van der Waals surface area contributed by atoms with Gasteiger partial charge in [-0.15, -0.1) is 5.10 Å². The number of nitrogens with one attached hydrogen (secondary N) is 1. The molecule has 2 fully saturated rings. The average Bonchev–Trinajstić information content (AvgIpc) is 3.36. The molecule has 0 aromatic carbocycles. The lowest BCUT2D eigenvalue weighted by Gasteiger charge is -2.40. The number of fused-ring (bicyclic) bond motifs is 3. The summed E-state index contributed by atoms with van der Waals surface area (Å²) in [5, 5.41) is 18.0. The van der Waals surface area contributed by atoms with Gasteiger partial charge in [-0.3, -0.25) is 9.78 Å². The minimum Gasteiger partial charge on any atom is -0.488 e. The van der Waals surface area contributed by atoms with Crippen LogP contribution in [0.5, 0.6) is 5.75 Å². The van der Waals surface area contributed by atoms with E-state index < -0.39 is 5.91 Å². The molecule has 11 nitrogen and oxygen atoms in total. The maximum Gasteiger partial charge on any atom is 0.250 e. The first-order chi connectivity index (χ1) is 19.0. The number of aromatic nitrogens is 4. The Hall–Kier alpha value is -4.06. The van der Waals surface area contributed by atoms with Crippen molar-refractivity contribution in [2.75, 3.05) is 31.3 Å². The topological polar surface area (TPSA) is 140 Å². The van der Waals surface area contributed by atoms with Gasteiger partial charge < -0.3 is 30.5 Å². The number of carbonyl (C=O) groups excluding carboxylic acids is 1. The predicted molar refractivity (Wildman–Crippen MR) is 145 cm³/mol. The van der Waals surface area contributed by atoms with Crippen LogP contribution in [0.2, 0.25) is 0 Å². The number of aliphatic hydroxyl groups is 1. The van der Waals surface area contributed by atoms with Gasteiger partial charge in [0.2, 0.25) is 5.91 Å². The molecule has 2 saturated heterocycles. The van der Waals surface area contributed by atoms with E-state index in [-0.39, 0.29) is 19.3 Å². The Bertz CT molecular complexity index is 1480. The number of anilines is 2. The zero-order chi connectivity index (χ0) is 26.9. The van der Waals surface area contributed by atoms with Crippen LogP contribution in [0.25, 0.3) is 16.6 Å². The average molecular weight is 530 g/mol. The maximum absolute atomic E-state index is 11.4. The molecule has 4 aromatic rings. The van der Waals surface area contributed by atoms with E-state index in [1.165, 1.54) is 6.20 Å². The number of hydrogen-bond acceptors (Lipinski definition) is 9. The van der Waals surface area contributed by atoms with Gasteiger partial charge in [-0.2, -0.15) is 0 Å². The smallest absolute Gasteiger partial charge is 0.250 e. The van der Waals surface area contributed by atoms with E-state index in [4.69, 9.17) is 20.3 Å². The highest BCUT2D eigenvalue weighted by Gasteiger charge is 2.33. The number of pyridine rings is 3. The van der Waals surface area contributed by atoms with Crippen molar-refractivity contribution in [1.82, 2.24) is 24.9 Å². The normalized spacial score (nSPS) is 20.6. The zero-order valence-corrected chi connectivity index (χ0v) is 21.7. The largest absolute Gasteiger partial charge is 0.488 e. The fourth-order valence-electron chi connectivity index (χ4n) is 5.35. The van der Waals surface area contributed by atoms with Crippen molar-refractivity contribution in [3.8, 4) is 16.9 Å². The zero-order valence-electron chi connectivity index (χ0n) is 21.7. The highest BCUT2D eigenvalue weighted by atomic mass is 16.5. The van der Waals surface area contributed by atoms with Crippen molar-refractivity contribution in [3.63, 3.8) is 0 Å². The number of primary amides is 1.